The van der Waals surface area contributed by atoms with Crippen molar-refractivity contribution in [1.82, 2.24) is 10.6 Å². The summed E-state index contributed by atoms with van der Waals surface area (Å²) in [5.74, 6) is 0.0518. The Morgan fingerprint density at radius 2 is 2.33 bits per heavy atom. The number of hydrogen-bond donors (Lipinski definition) is 2. The van der Waals surface area contributed by atoms with E-state index in [0.717, 1.165) is 23.9 Å². The van der Waals surface area contributed by atoms with Gasteiger partial charge >= 0.3 is 0 Å². The molecule has 21 heavy (non-hydrogen) atoms. The van der Waals surface area contributed by atoms with E-state index in [0.29, 0.717) is 19.8 Å². The molecule has 1 aromatic carbocycles. The molecule has 0 aromatic heterocycles. The van der Waals surface area contributed by atoms with E-state index in [-0.39, 0.29) is 17.4 Å². The van der Waals surface area contributed by atoms with Crippen LogP contribution in [0.1, 0.15) is 24.8 Å². The molecule has 2 fully saturated rings. The molecular formula is C16H21BrN2O2. The van der Waals surface area contributed by atoms with E-state index in [1.807, 2.05) is 6.07 Å². The maximum atomic E-state index is 12.2. The van der Waals surface area contributed by atoms with Crippen molar-refractivity contribution in [2.45, 2.75) is 30.7 Å². The highest BCUT2D eigenvalue weighted by Gasteiger charge is 2.39. The lowest BCUT2D eigenvalue weighted by atomic mass is 9.64. The molecule has 1 amide bonds. The first kappa shape index (κ1) is 15.0. The molecule has 1 aliphatic carbocycles. The van der Waals surface area contributed by atoms with Crippen LogP contribution >= 0.6 is 15.9 Å². The van der Waals surface area contributed by atoms with Gasteiger partial charge in [-0.25, -0.2) is 0 Å². The van der Waals surface area contributed by atoms with Crippen LogP contribution in [-0.2, 0) is 14.9 Å². The number of carbonyl (C=O) groups is 1. The lowest BCUT2D eigenvalue weighted by Crippen LogP contribution is -2.54. The molecule has 2 aliphatic rings. The summed E-state index contributed by atoms with van der Waals surface area (Å²) in [4.78, 5) is 12.2. The molecule has 4 nitrogen and oxygen atoms in total. The molecule has 0 spiro atoms. The highest BCUT2D eigenvalue weighted by Crippen LogP contribution is 2.43. The third-order valence-electron chi connectivity index (χ3n) is 4.59. The molecule has 114 valence electrons. The highest BCUT2D eigenvalue weighted by molar-refractivity contribution is 9.10. The number of benzene rings is 1. The van der Waals surface area contributed by atoms with Crippen LogP contribution in [0.25, 0.3) is 0 Å². The van der Waals surface area contributed by atoms with Gasteiger partial charge in [0.2, 0.25) is 5.91 Å². The van der Waals surface area contributed by atoms with E-state index < -0.39 is 0 Å². The molecule has 3 rings (SSSR count). The second-order valence-electron chi connectivity index (χ2n) is 5.94. The van der Waals surface area contributed by atoms with E-state index in [4.69, 9.17) is 4.74 Å². The molecule has 1 unspecified atom stereocenters. The van der Waals surface area contributed by atoms with E-state index >= 15 is 0 Å². The third kappa shape index (κ3) is 3.30. The molecule has 1 aliphatic heterocycles. The second kappa shape index (κ2) is 6.46. The van der Waals surface area contributed by atoms with Gasteiger partial charge in [0.05, 0.1) is 13.2 Å². The van der Waals surface area contributed by atoms with Crippen molar-refractivity contribution in [1.29, 1.82) is 0 Å². The molecule has 1 saturated carbocycles. The molecular weight excluding hydrogens is 332 g/mol. The van der Waals surface area contributed by atoms with Gasteiger partial charge in [0, 0.05) is 23.0 Å². The lowest BCUT2D eigenvalue weighted by Gasteiger charge is -2.43. The molecule has 0 radical (unpaired) electrons. The number of hydrogen-bond acceptors (Lipinski definition) is 3. The summed E-state index contributed by atoms with van der Waals surface area (Å²) in [6.07, 6.45) is 3.50. The van der Waals surface area contributed by atoms with Gasteiger partial charge in [-0.2, -0.15) is 0 Å². The summed E-state index contributed by atoms with van der Waals surface area (Å²) in [7, 11) is 0. The van der Waals surface area contributed by atoms with Gasteiger partial charge in [0.25, 0.3) is 0 Å². The molecule has 5 heteroatoms. The number of halogens is 1. The van der Waals surface area contributed by atoms with Crippen LogP contribution in [0.15, 0.2) is 28.7 Å². The van der Waals surface area contributed by atoms with Crippen molar-refractivity contribution in [3.8, 4) is 0 Å². The molecule has 1 heterocycles. The van der Waals surface area contributed by atoms with Crippen LogP contribution < -0.4 is 10.6 Å². The van der Waals surface area contributed by atoms with E-state index in [1.54, 1.807) is 0 Å². The predicted molar refractivity (Wildman–Crippen MR) is 85.3 cm³/mol. The number of rotatable bonds is 4. The van der Waals surface area contributed by atoms with Gasteiger partial charge in [-0.1, -0.05) is 34.5 Å². The number of carbonyl (C=O) groups excluding carboxylic acids is 1. The topological polar surface area (TPSA) is 50.4 Å². The zero-order valence-corrected chi connectivity index (χ0v) is 13.6. The minimum absolute atomic E-state index is 0.0518. The zero-order chi connectivity index (χ0) is 14.7. The summed E-state index contributed by atoms with van der Waals surface area (Å²) < 4.78 is 6.44. The Kier molecular flexibility index (Phi) is 4.62. The fourth-order valence-corrected chi connectivity index (χ4v) is 3.50. The van der Waals surface area contributed by atoms with Gasteiger partial charge < -0.3 is 15.4 Å². The molecule has 0 bridgehead atoms. The average molecular weight is 353 g/mol. The Bertz CT molecular complexity index is 511. The Labute approximate surface area is 133 Å². The number of morpholine rings is 1. The minimum atomic E-state index is -0.210. The standard InChI is InChI=1S/C16H21BrN2O2/c17-13-4-1-3-12(9-13)16(5-2-6-16)11-19-15(20)14-10-21-8-7-18-14/h1,3-4,9,14,18H,2,5-8,10-11H2,(H,19,20). The van der Waals surface area contributed by atoms with Gasteiger partial charge in [-0.3, -0.25) is 4.79 Å². The minimum Gasteiger partial charge on any atom is -0.378 e. The second-order valence-corrected chi connectivity index (χ2v) is 6.86. The first-order valence-corrected chi connectivity index (χ1v) is 8.34. The Morgan fingerprint density at radius 1 is 1.48 bits per heavy atom. The van der Waals surface area contributed by atoms with E-state index in [1.165, 1.54) is 12.0 Å². The summed E-state index contributed by atoms with van der Waals surface area (Å²) >= 11 is 3.54. The third-order valence-corrected chi connectivity index (χ3v) is 5.08. The maximum absolute atomic E-state index is 12.2. The Balaban J connectivity index is 1.63. The summed E-state index contributed by atoms with van der Waals surface area (Å²) in [5, 5.41) is 6.31. The predicted octanol–water partition coefficient (Wildman–Crippen LogP) is 1.98. The van der Waals surface area contributed by atoms with Crippen molar-refractivity contribution in [3.05, 3.63) is 34.3 Å². The van der Waals surface area contributed by atoms with Crippen LogP contribution in [0, 0.1) is 0 Å². The van der Waals surface area contributed by atoms with Gasteiger partial charge in [0.1, 0.15) is 6.04 Å². The van der Waals surface area contributed by atoms with Crippen molar-refractivity contribution in [2.75, 3.05) is 26.3 Å². The van der Waals surface area contributed by atoms with Gasteiger partial charge in [-0.15, -0.1) is 0 Å². The van der Waals surface area contributed by atoms with Crippen LogP contribution in [0.2, 0.25) is 0 Å². The summed E-state index contributed by atoms with van der Waals surface area (Å²) in [6.45, 7) is 2.61. The molecule has 2 N–H and O–H groups in total. The van der Waals surface area contributed by atoms with Gasteiger partial charge in [-0.05, 0) is 30.5 Å². The zero-order valence-electron chi connectivity index (χ0n) is 12.0. The smallest absolute Gasteiger partial charge is 0.239 e. The van der Waals surface area contributed by atoms with Crippen molar-refractivity contribution < 1.29 is 9.53 Å². The number of nitrogens with one attached hydrogen (secondary N) is 2. The van der Waals surface area contributed by atoms with Crippen LogP contribution in [0.5, 0.6) is 0 Å². The largest absolute Gasteiger partial charge is 0.378 e. The SMILES string of the molecule is O=C(NCC1(c2cccc(Br)c2)CCC1)C1COCCN1. The lowest BCUT2D eigenvalue weighted by molar-refractivity contribution is -0.126. The Morgan fingerprint density at radius 3 is 2.95 bits per heavy atom. The van der Waals surface area contributed by atoms with Crippen LogP contribution in [-0.4, -0.2) is 38.3 Å². The quantitative estimate of drug-likeness (QED) is 0.870. The molecule has 1 saturated heterocycles. The first-order chi connectivity index (χ1) is 10.2. The molecule has 1 aromatic rings. The van der Waals surface area contributed by atoms with E-state index in [2.05, 4.69) is 44.8 Å². The van der Waals surface area contributed by atoms with Crippen molar-refractivity contribution in [3.63, 3.8) is 0 Å². The average Bonchev–Trinajstić information content (AvgIpc) is 2.47. The normalized spacial score (nSPS) is 24.1. The van der Waals surface area contributed by atoms with Gasteiger partial charge in [0.15, 0.2) is 0 Å². The van der Waals surface area contributed by atoms with Crippen LogP contribution in [0.3, 0.4) is 0 Å². The molecule has 1 atom stereocenters. The fourth-order valence-electron chi connectivity index (χ4n) is 3.10. The summed E-state index contributed by atoms with van der Waals surface area (Å²) in [6, 6.07) is 8.24. The first-order valence-electron chi connectivity index (χ1n) is 7.55. The number of ether oxygens (including phenoxy) is 1. The maximum Gasteiger partial charge on any atom is 0.239 e. The van der Waals surface area contributed by atoms with E-state index in [9.17, 15) is 4.79 Å². The Hall–Kier alpha value is -0.910. The monoisotopic (exact) mass is 352 g/mol. The fraction of sp³-hybridized carbons (Fsp3) is 0.562. The van der Waals surface area contributed by atoms with Crippen LogP contribution in [0.4, 0.5) is 0 Å². The number of amides is 1. The van der Waals surface area contributed by atoms with Crippen molar-refractivity contribution >= 4 is 21.8 Å². The van der Waals surface area contributed by atoms with Crippen molar-refractivity contribution in [2.24, 2.45) is 0 Å². The summed E-state index contributed by atoms with van der Waals surface area (Å²) in [5.41, 5.74) is 1.42. The highest BCUT2D eigenvalue weighted by atomic mass is 79.9.